The third-order valence-electron chi connectivity index (χ3n) is 1.73. The number of hydrogen-bond acceptors (Lipinski definition) is 6. The van der Waals surface area contributed by atoms with Gasteiger partial charge in [0.2, 0.25) is 5.78 Å². The fourth-order valence-electron chi connectivity index (χ4n) is 0.959. The summed E-state index contributed by atoms with van der Waals surface area (Å²) < 4.78 is 33.4. The second-order valence-corrected chi connectivity index (χ2v) is 3.14. The van der Waals surface area contributed by atoms with Crippen LogP contribution in [0.3, 0.4) is 0 Å². The largest absolute Gasteiger partial charge is 0.462 e. The van der Waals surface area contributed by atoms with Gasteiger partial charge in [-0.05, 0) is 6.92 Å². The number of ketones is 1. The van der Waals surface area contributed by atoms with Gasteiger partial charge in [-0.25, -0.2) is 23.8 Å². The van der Waals surface area contributed by atoms with E-state index < -0.39 is 29.8 Å². The van der Waals surface area contributed by atoms with Crippen LogP contribution in [0.25, 0.3) is 0 Å². The Morgan fingerprint density at radius 2 is 1.95 bits per heavy atom. The highest BCUT2D eigenvalue weighted by molar-refractivity contribution is 6.18. The summed E-state index contributed by atoms with van der Waals surface area (Å²) >= 11 is 0. The van der Waals surface area contributed by atoms with Gasteiger partial charge in [0.1, 0.15) is 5.57 Å². The van der Waals surface area contributed by atoms with E-state index in [0.29, 0.717) is 0 Å². The van der Waals surface area contributed by atoms with Crippen molar-refractivity contribution < 1.29 is 32.6 Å². The maximum atomic E-state index is 12.3. The van der Waals surface area contributed by atoms with Crippen LogP contribution in [0.4, 0.5) is 13.6 Å². The molecule has 19 heavy (non-hydrogen) atoms. The molecule has 0 aromatic rings. The summed E-state index contributed by atoms with van der Waals surface area (Å²) in [5.74, 6) is -2.90. The van der Waals surface area contributed by atoms with Crippen molar-refractivity contribution in [2.24, 2.45) is 0 Å². The average Bonchev–Trinajstić information content (AvgIpc) is 2.34. The Labute approximate surface area is 108 Å². The Kier molecular flexibility index (Phi) is 7.08. The zero-order valence-corrected chi connectivity index (χ0v) is 10.6. The van der Waals surface area contributed by atoms with Crippen LogP contribution in [0.1, 0.15) is 6.92 Å². The number of carbonyl (C=O) groups excluding carboxylic acids is 3. The number of amides is 1. The fourth-order valence-corrected chi connectivity index (χ4v) is 0.959. The van der Waals surface area contributed by atoms with Gasteiger partial charge in [0.05, 0.1) is 13.7 Å². The summed E-state index contributed by atoms with van der Waals surface area (Å²) in [6, 6.07) is 0. The molecule has 1 amide bonds. The zero-order valence-electron chi connectivity index (χ0n) is 10.6. The molecule has 0 bridgehead atoms. The number of Topliss-reactive ketones (excluding diaryl/α,β-unsaturated/α-hetero) is 1. The lowest BCUT2D eigenvalue weighted by Gasteiger charge is -2.16. The maximum absolute atomic E-state index is 12.3. The van der Waals surface area contributed by atoms with Crippen LogP contribution in [0.5, 0.6) is 0 Å². The van der Waals surface area contributed by atoms with Crippen LogP contribution < -0.4 is 5.43 Å². The van der Waals surface area contributed by atoms with Crippen molar-refractivity contribution in [2.45, 2.75) is 13.3 Å². The number of methoxy groups -OCH3 is 1. The molecule has 1 N–H and O–H groups in total. The number of halogens is 2. The van der Waals surface area contributed by atoms with Crippen LogP contribution in [0.15, 0.2) is 11.8 Å². The molecule has 0 atom stereocenters. The number of alkyl halides is 2. The predicted molar refractivity (Wildman–Crippen MR) is 59.0 cm³/mol. The van der Waals surface area contributed by atoms with E-state index in [-0.39, 0.29) is 6.61 Å². The van der Waals surface area contributed by atoms with Crippen molar-refractivity contribution in [2.75, 3.05) is 20.8 Å². The summed E-state index contributed by atoms with van der Waals surface area (Å²) in [7, 11) is 2.30. The van der Waals surface area contributed by atoms with E-state index in [1.807, 2.05) is 5.43 Å². The molecule has 0 saturated carbocycles. The third kappa shape index (κ3) is 5.80. The Bertz CT molecular complexity index is 384. The smallest absolute Gasteiger partial charge is 0.425 e. The van der Waals surface area contributed by atoms with Crippen LogP contribution in [0.2, 0.25) is 0 Å². The third-order valence-corrected chi connectivity index (χ3v) is 1.73. The van der Waals surface area contributed by atoms with Gasteiger partial charge in [-0.2, -0.15) is 0 Å². The van der Waals surface area contributed by atoms with Gasteiger partial charge >= 0.3 is 18.5 Å². The Hall–Kier alpha value is -2.19. The molecule has 0 heterocycles. The molecule has 0 spiro atoms. The molecular formula is C10H14F2N2O5. The molecule has 0 aliphatic heterocycles. The van der Waals surface area contributed by atoms with E-state index in [2.05, 4.69) is 9.47 Å². The lowest BCUT2D eigenvalue weighted by molar-refractivity contribution is -0.141. The summed E-state index contributed by atoms with van der Waals surface area (Å²) in [6.07, 6.45) is -3.53. The molecule has 0 rings (SSSR count). The van der Waals surface area contributed by atoms with Crippen molar-refractivity contribution >= 4 is 17.8 Å². The first-order chi connectivity index (χ1) is 8.83. The van der Waals surface area contributed by atoms with Gasteiger partial charge in [0.15, 0.2) is 0 Å². The molecule has 108 valence electrons. The highest BCUT2D eigenvalue weighted by Crippen LogP contribution is 2.08. The zero-order chi connectivity index (χ0) is 15.0. The summed E-state index contributed by atoms with van der Waals surface area (Å²) in [5, 5.41) is 0.832. The Morgan fingerprint density at radius 1 is 1.37 bits per heavy atom. The van der Waals surface area contributed by atoms with Gasteiger partial charge in [-0.15, -0.1) is 0 Å². The molecule has 0 aliphatic carbocycles. The van der Waals surface area contributed by atoms with Crippen LogP contribution in [-0.2, 0) is 19.1 Å². The quantitative estimate of drug-likeness (QED) is 0.250. The van der Waals surface area contributed by atoms with E-state index in [0.717, 1.165) is 18.3 Å². The monoisotopic (exact) mass is 280 g/mol. The molecule has 0 fully saturated rings. The van der Waals surface area contributed by atoms with Crippen molar-refractivity contribution in [1.82, 2.24) is 10.4 Å². The molecule has 7 nitrogen and oxygen atoms in total. The number of esters is 1. The first-order valence-electron chi connectivity index (χ1n) is 5.12. The van der Waals surface area contributed by atoms with Gasteiger partial charge in [-0.3, -0.25) is 9.80 Å². The lowest BCUT2D eigenvalue weighted by Crippen LogP contribution is -2.37. The molecule has 0 aliphatic rings. The van der Waals surface area contributed by atoms with E-state index in [1.54, 1.807) is 0 Å². The molecule has 9 heteroatoms. The number of carbonyl (C=O) groups is 3. The molecule has 0 aromatic carbocycles. The number of hydrogen-bond donors (Lipinski definition) is 1. The molecule has 0 saturated heterocycles. The van der Waals surface area contributed by atoms with Gasteiger partial charge < -0.3 is 9.47 Å². The minimum atomic E-state index is -3.36. The van der Waals surface area contributed by atoms with Crippen molar-refractivity contribution in [1.29, 1.82) is 0 Å². The van der Waals surface area contributed by atoms with Crippen molar-refractivity contribution in [3.05, 3.63) is 11.8 Å². The topological polar surface area (TPSA) is 84.9 Å². The second kappa shape index (κ2) is 8.01. The van der Waals surface area contributed by atoms with Crippen LogP contribution in [-0.4, -0.2) is 50.0 Å². The molecular weight excluding hydrogens is 266 g/mol. The first kappa shape index (κ1) is 16.8. The minimum absolute atomic E-state index is 0.0825. The fraction of sp³-hybridized carbons (Fsp3) is 0.500. The van der Waals surface area contributed by atoms with E-state index in [9.17, 15) is 23.2 Å². The predicted octanol–water partition coefficient (Wildman–Crippen LogP) is 0.470. The van der Waals surface area contributed by atoms with Crippen LogP contribution >= 0.6 is 0 Å². The summed E-state index contributed by atoms with van der Waals surface area (Å²) in [6.45, 7) is 1.37. The number of ether oxygens (including phenoxy) is 2. The number of nitrogens with zero attached hydrogens (tertiary/aromatic N) is 1. The Morgan fingerprint density at radius 3 is 2.37 bits per heavy atom. The maximum Gasteiger partial charge on any atom is 0.425 e. The summed E-state index contributed by atoms with van der Waals surface area (Å²) in [4.78, 5) is 33.4. The first-order valence-corrected chi connectivity index (χ1v) is 5.12. The van der Waals surface area contributed by atoms with Crippen molar-refractivity contribution in [3.63, 3.8) is 0 Å². The van der Waals surface area contributed by atoms with Gasteiger partial charge in [0, 0.05) is 13.2 Å². The number of nitrogens with one attached hydrogen (secondary N) is 1. The summed E-state index contributed by atoms with van der Waals surface area (Å²) in [5.41, 5.74) is 1.16. The average molecular weight is 280 g/mol. The number of hydrazine groups is 1. The molecule has 0 unspecified atom stereocenters. The molecule has 0 aromatic heterocycles. The normalized spacial score (nSPS) is 10.9. The van der Waals surface area contributed by atoms with Crippen molar-refractivity contribution in [3.8, 4) is 0 Å². The standard InChI is InChI=1S/C10H14F2N2O5/c1-4-19-9(16)6(7(15)8(11)12)5-14(2)13-10(17)18-3/h5,8H,4H2,1-3H3,(H,13,17)/b6-5-. The SMILES string of the molecule is CCOC(=O)/C(=C\N(C)NC(=O)OC)C(=O)C(F)F. The lowest BCUT2D eigenvalue weighted by atomic mass is 10.2. The molecule has 0 radical (unpaired) electrons. The van der Waals surface area contributed by atoms with Crippen LogP contribution in [0, 0.1) is 0 Å². The Balaban J connectivity index is 5.06. The minimum Gasteiger partial charge on any atom is -0.462 e. The van der Waals surface area contributed by atoms with Gasteiger partial charge in [-0.1, -0.05) is 0 Å². The van der Waals surface area contributed by atoms with Gasteiger partial charge in [0.25, 0.3) is 0 Å². The van der Waals surface area contributed by atoms with E-state index in [1.165, 1.54) is 14.0 Å². The second-order valence-electron chi connectivity index (χ2n) is 3.14. The number of rotatable bonds is 6. The highest BCUT2D eigenvalue weighted by atomic mass is 19.3. The van der Waals surface area contributed by atoms with E-state index in [4.69, 9.17) is 0 Å². The highest BCUT2D eigenvalue weighted by Gasteiger charge is 2.28. The van der Waals surface area contributed by atoms with E-state index >= 15 is 0 Å².